The summed E-state index contributed by atoms with van der Waals surface area (Å²) in [6.45, 7) is 3.83. The number of halogens is 1. The van der Waals surface area contributed by atoms with E-state index in [-0.39, 0.29) is 0 Å². The van der Waals surface area contributed by atoms with Gasteiger partial charge in [0.25, 0.3) is 0 Å². The van der Waals surface area contributed by atoms with E-state index >= 15 is 0 Å². The van der Waals surface area contributed by atoms with Crippen LogP contribution in [0.4, 0.5) is 11.6 Å². The zero-order valence-electron chi connectivity index (χ0n) is 12.4. The highest BCUT2D eigenvalue weighted by Crippen LogP contribution is 2.25. The van der Waals surface area contributed by atoms with Gasteiger partial charge in [0.1, 0.15) is 11.6 Å². The fourth-order valence-corrected chi connectivity index (χ4v) is 3.31. The largest absolute Gasteiger partial charge is 0.370 e. The number of aromatic nitrogens is 2. The molecule has 0 unspecified atom stereocenters. The maximum Gasteiger partial charge on any atom is 0.191 e. The van der Waals surface area contributed by atoms with Gasteiger partial charge in [-0.25, -0.2) is 9.97 Å². The smallest absolute Gasteiger partial charge is 0.191 e. The molecule has 1 N–H and O–H groups in total. The van der Waals surface area contributed by atoms with Crippen LogP contribution >= 0.6 is 34.7 Å². The van der Waals surface area contributed by atoms with Crippen molar-refractivity contribution in [1.29, 1.82) is 0 Å². The summed E-state index contributed by atoms with van der Waals surface area (Å²) in [4.78, 5) is 12.4. The molecular formula is C14H19ClN4S2. The van der Waals surface area contributed by atoms with Crippen LogP contribution in [-0.2, 0) is 6.54 Å². The van der Waals surface area contributed by atoms with Gasteiger partial charge in [-0.2, -0.15) is 0 Å². The molecule has 0 aliphatic heterocycles. The third kappa shape index (κ3) is 4.76. The van der Waals surface area contributed by atoms with Crippen molar-refractivity contribution in [1.82, 2.24) is 9.97 Å². The minimum absolute atomic E-state index is 0.780. The van der Waals surface area contributed by atoms with Gasteiger partial charge in [0.15, 0.2) is 5.16 Å². The van der Waals surface area contributed by atoms with Crippen LogP contribution in [0.25, 0.3) is 0 Å². The maximum atomic E-state index is 5.98. The summed E-state index contributed by atoms with van der Waals surface area (Å²) in [5.41, 5.74) is 0. The average molecular weight is 343 g/mol. The zero-order chi connectivity index (χ0) is 15.2. The predicted molar refractivity (Wildman–Crippen MR) is 94.0 cm³/mol. The Balaban J connectivity index is 2.16. The number of hydrogen-bond acceptors (Lipinski definition) is 6. The highest BCUT2D eigenvalue weighted by atomic mass is 35.5. The monoisotopic (exact) mass is 342 g/mol. The molecule has 0 spiro atoms. The van der Waals surface area contributed by atoms with Crippen molar-refractivity contribution < 1.29 is 0 Å². The minimum atomic E-state index is 0.780. The van der Waals surface area contributed by atoms with Crippen LogP contribution < -0.4 is 10.2 Å². The average Bonchev–Trinajstić information content (AvgIpc) is 2.89. The summed E-state index contributed by atoms with van der Waals surface area (Å²) in [6, 6.07) is 5.97. The number of rotatable bonds is 7. The van der Waals surface area contributed by atoms with Gasteiger partial charge in [-0.1, -0.05) is 30.3 Å². The summed E-state index contributed by atoms with van der Waals surface area (Å²) in [6.07, 6.45) is 3.05. The number of anilines is 2. The first-order valence-electron chi connectivity index (χ1n) is 6.74. The van der Waals surface area contributed by atoms with Crippen molar-refractivity contribution in [2.45, 2.75) is 25.0 Å². The van der Waals surface area contributed by atoms with Crippen LogP contribution in [0.1, 0.15) is 18.2 Å². The third-order valence-corrected chi connectivity index (χ3v) is 4.61. The van der Waals surface area contributed by atoms with Gasteiger partial charge in [0, 0.05) is 24.5 Å². The number of nitrogens with one attached hydrogen (secondary N) is 1. The van der Waals surface area contributed by atoms with Gasteiger partial charge in [-0.15, -0.1) is 11.3 Å². The molecule has 7 heteroatoms. The first kappa shape index (κ1) is 16.4. The Kier molecular flexibility index (Phi) is 6.14. The topological polar surface area (TPSA) is 41.0 Å². The Bertz CT molecular complexity index is 588. The lowest BCUT2D eigenvalue weighted by Gasteiger charge is -2.18. The molecule has 0 radical (unpaired) electrons. The zero-order valence-corrected chi connectivity index (χ0v) is 14.8. The quantitative estimate of drug-likeness (QED) is 0.597. The van der Waals surface area contributed by atoms with Crippen molar-refractivity contribution in [3.05, 3.63) is 27.4 Å². The van der Waals surface area contributed by atoms with E-state index in [1.165, 1.54) is 4.88 Å². The molecule has 2 heterocycles. The van der Waals surface area contributed by atoms with E-state index in [1.807, 2.05) is 25.4 Å². The summed E-state index contributed by atoms with van der Waals surface area (Å²) in [7, 11) is 2.03. The maximum absolute atomic E-state index is 5.98. The van der Waals surface area contributed by atoms with Gasteiger partial charge in [0.05, 0.1) is 10.9 Å². The molecular weight excluding hydrogens is 324 g/mol. The summed E-state index contributed by atoms with van der Waals surface area (Å²) < 4.78 is 0.816. The van der Waals surface area contributed by atoms with Crippen LogP contribution in [0, 0.1) is 0 Å². The molecule has 0 bridgehead atoms. The molecule has 0 aromatic carbocycles. The predicted octanol–water partition coefficient (Wildman–Crippen LogP) is 4.37. The molecule has 4 nitrogen and oxygen atoms in total. The first-order chi connectivity index (χ1) is 10.1. The molecule has 0 saturated heterocycles. The van der Waals surface area contributed by atoms with E-state index in [0.717, 1.165) is 40.6 Å². The van der Waals surface area contributed by atoms with E-state index in [1.54, 1.807) is 23.1 Å². The van der Waals surface area contributed by atoms with Crippen molar-refractivity contribution in [2.24, 2.45) is 0 Å². The molecule has 114 valence electrons. The second-order valence-electron chi connectivity index (χ2n) is 4.59. The Morgan fingerprint density at radius 1 is 1.38 bits per heavy atom. The number of hydrogen-bond donors (Lipinski definition) is 1. The molecule has 2 rings (SSSR count). The normalized spacial score (nSPS) is 10.7. The van der Waals surface area contributed by atoms with E-state index in [2.05, 4.69) is 33.2 Å². The second-order valence-corrected chi connectivity index (χ2v) is 7.16. The van der Waals surface area contributed by atoms with Gasteiger partial charge < -0.3 is 10.2 Å². The second kappa shape index (κ2) is 7.87. The molecule has 2 aromatic heterocycles. The summed E-state index contributed by atoms with van der Waals surface area (Å²) in [5.74, 6) is 1.79. The Morgan fingerprint density at radius 2 is 2.19 bits per heavy atom. The minimum Gasteiger partial charge on any atom is -0.370 e. The van der Waals surface area contributed by atoms with Crippen molar-refractivity contribution in [2.75, 3.05) is 30.1 Å². The fourth-order valence-electron chi connectivity index (χ4n) is 1.79. The lowest BCUT2D eigenvalue weighted by Crippen LogP contribution is -2.18. The number of nitrogens with zero attached hydrogens (tertiary/aromatic N) is 3. The van der Waals surface area contributed by atoms with Gasteiger partial charge in [-0.3, -0.25) is 0 Å². The van der Waals surface area contributed by atoms with Crippen LogP contribution in [-0.4, -0.2) is 29.8 Å². The van der Waals surface area contributed by atoms with Crippen LogP contribution in [0.3, 0.4) is 0 Å². The molecule has 0 amide bonds. The summed E-state index contributed by atoms with van der Waals surface area (Å²) in [5, 5.41) is 4.10. The molecule has 2 aromatic rings. The first-order valence-corrected chi connectivity index (χ1v) is 9.16. The van der Waals surface area contributed by atoms with Crippen molar-refractivity contribution in [3.63, 3.8) is 0 Å². The fraction of sp³-hybridized carbons (Fsp3) is 0.429. The standard InChI is InChI=1S/C14H19ClN4S2/c1-4-7-16-12-8-13(18-14(17-12)20-3)19(2)9-10-5-6-11(15)21-10/h5-6,8H,4,7,9H2,1-3H3,(H,16,17,18). The summed E-state index contributed by atoms with van der Waals surface area (Å²) >= 11 is 9.13. The van der Waals surface area contributed by atoms with Crippen molar-refractivity contribution >= 4 is 46.3 Å². The SMILES string of the molecule is CCCNc1cc(N(C)Cc2ccc(Cl)s2)nc(SC)n1. The molecule has 0 atom stereocenters. The lowest BCUT2D eigenvalue weighted by molar-refractivity contribution is 0.860. The Labute approximate surface area is 138 Å². The van der Waals surface area contributed by atoms with E-state index in [0.29, 0.717) is 0 Å². The van der Waals surface area contributed by atoms with E-state index < -0.39 is 0 Å². The molecule has 0 aliphatic rings. The van der Waals surface area contributed by atoms with Gasteiger partial charge in [0.2, 0.25) is 0 Å². The molecule has 0 aliphatic carbocycles. The molecule has 0 fully saturated rings. The third-order valence-electron chi connectivity index (χ3n) is 2.84. The lowest BCUT2D eigenvalue weighted by atomic mass is 10.4. The van der Waals surface area contributed by atoms with Crippen LogP contribution in [0.15, 0.2) is 23.4 Å². The van der Waals surface area contributed by atoms with E-state index in [9.17, 15) is 0 Å². The highest BCUT2D eigenvalue weighted by Gasteiger charge is 2.10. The number of thiophene rings is 1. The van der Waals surface area contributed by atoms with Gasteiger partial charge in [-0.05, 0) is 24.8 Å². The highest BCUT2D eigenvalue weighted by molar-refractivity contribution is 7.98. The van der Waals surface area contributed by atoms with Gasteiger partial charge >= 0.3 is 0 Å². The van der Waals surface area contributed by atoms with Crippen LogP contribution in [0.2, 0.25) is 4.34 Å². The number of thioether (sulfide) groups is 1. The Morgan fingerprint density at radius 3 is 2.81 bits per heavy atom. The van der Waals surface area contributed by atoms with E-state index in [4.69, 9.17) is 11.6 Å². The van der Waals surface area contributed by atoms with Crippen LogP contribution in [0.5, 0.6) is 0 Å². The Hall–Kier alpha value is -0.980. The molecule has 21 heavy (non-hydrogen) atoms. The molecule has 0 saturated carbocycles. The van der Waals surface area contributed by atoms with Crippen molar-refractivity contribution in [3.8, 4) is 0 Å².